The maximum Gasteiger partial charge on any atom is 0.239 e. The summed E-state index contributed by atoms with van der Waals surface area (Å²) in [4.78, 5) is 12.9. The average molecular weight is 158 g/mol. The van der Waals surface area contributed by atoms with Crippen molar-refractivity contribution in [1.29, 1.82) is 0 Å². The van der Waals surface area contributed by atoms with Crippen molar-refractivity contribution in [3.63, 3.8) is 0 Å². The molecule has 11 heavy (non-hydrogen) atoms. The number of nitrogens with zero attached hydrogens (tertiary/aromatic N) is 1. The van der Waals surface area contributed by atoms with Gasteiger partial charge in [0.05, 0.1) is 12.6 Å². The zero-order chi connectivity index (χ0) is 8.27. The fourth-order valence-electron chi connectivity index (χ4n) is 1.23. The number of nitrogens with one attached hydrogen (secondary N) is 1. The standard InChI is InChI=1S/C7H14N2O2/c1-6-7(11)9(4-5-10)3-2-8-6/h6,8,10H,2-5H2,1H3. The van der Waals surface area contributed by atoms with Crippen molar-refractivity contribution in [3.8, 4) is 0 Å². The third-order valence-electron chi connectivity index (χ3n) is 1.88. The van der Waals surface area contributed by atoms with E-state index >= 15 is 0 Å². The summed E-state index contributed by atoms with van der Waals surface area (Å²) in [7, 11) is 0. The Morgan fingerprint density at radius 1 is 1.82 bits per heavy atom. The molecule has 1 fully saturated rings. The van der Waals surface area contributed by atoms with E-state index in [0.717, 1.165) is 6.54 Å². The Balaban J connectivity index is 2.44. The first-order chi connectivity index (χ1) is 5.25. The van der Waals surface area contributed by atoms with E-state index in [1.807, 2.05) is 6.92 Å². The van der Waals surface area contributed by atoms with Crippen LogP contribution in [-0.4, -0.2) is 48.2 Å². The van der Waals surface area contributed by atoms with Crippen LogP contribution < -0.4 is 5.32 Å². The van der Waals surface area contributed by atoms with Crippen LogP contribution in [0.4, 0.5) is 0 Å². The highest BCUT2D eigenvalue weighted by Gasteiger charge is 2.23. The summed E-state index contributed by atoms with van der Waals surface area (Å²) in [5, 5.41) is 11.7. The van der Waals surface area contributed by atoms with Crippen molar-refractivity contribution in [1.82, 2.24) is 10.2 Å². The second kappa shape index (κ2) is 3.69. The summed E-state index contributed by atoms with van der Waals surface area (Å²) >= 11 is 0. The molecule has 0 radical (unpaired) electrons. The minimum absolute atomic E-state index is 0.0540. The van der Waals surface area contributed by atoms with Gasteiger partial charge in [-0.1, -0.05) is 0 Å². The third-order valence-corrected chi connectivity index (χ3v) is 1.88. The molecule has 1 atom stereocenters. The molecule has 1 aliphatic rings. The van der Waals surface area contributed by atoms with Crippen LogP contribution in [0, 0.1) is 0 Å². The Labute approximate surface area is 66.2 Å². The van der Waals surface area contributed by atoms with E-state index in [4.69, 9.17) is 5.11 Å². The minimum atomic E-state index is -0.0877. The number of rotatable bonds is 2. The van der Waals surface area contributed by atoms with Crippen LogP contribution in [0.2, 0.25) is 0 Å². The number of hydrogen-bond donors (Lipinski definition) is 2. The zero-order valence-electron chi connectivity index (χ0n) is 6.71. The van der Waals surface area contributed by atoms with E-state index in [1.54, 1.807) is 4.90 Å². The van der Waals surface area contributed by atoms with Crippen LogP contribution in [-0.2, 0) is 4.79 Å². The number of carbonyl (C=O) groups is 1. The van der Waals surface area contributed by atoms with Gasteiger partial charge in [-0.15, -0.1) is 0 Å². The minimum Gasteiger partial charge on any atom is -0.395 e. The van der Waals surface area contributed by atoms with Crippen molar-refractivity contribution in [2.75, 3.05) is 26.2 Å². The normalized spacial score (nSPS) is 25.8. The molecule has 0 aliphatic carbocycles. The highest BCUT2D eigenvalue weighted by molar-refractivity contribution is 5.82. The van der Waals surface area contributed by atoms with Crippen LogP contribution in [0.5, 0.6) is 0 Å². The molecule has 1 saturated heterocycles. The second-order valence-electron chi connectivity index (χ2n) is 2.72. The van der Waals surface area contributed by atoms with Gasteiger partial charge in [-0.05, 0) is 6.92 Å². The summed E-state index contributed by atoms with van der Waals surface area (Å²) in [5.74, 6) is 0.0882. The number of piperazine rings is 1. The van der Waals surface area contributed by atoms with E-state index in [9.17, 15) is 4.79 Å². The quantitative estimate of drug-likeness (QED) is 0.530. The maximum atomic E-state index is 11.3. The maximum absolute atomic E-state index is 11.3. The molecule has 2 N–H and O–H groups in total. The lowest BCUT2D eigenvalue weighted by atomic mass is 10.2. The summed E-state index contributed by atoms with van der Waals surface area (Å²) in [6, 6.07) is -0.0877. The molecule has 4 heteroatoms. The Morgan fingerprint density at radius 3 is 3.18 bits per heavy atom. The molecule has 0 saturated carbocycles. The predicted molar refractivity (Wildman–Crippen MR) is 41.1 cm³/mol. The van der Waals surface area contributed by atoms with Gasteiger partial charge in [-0.2, -0.15) is 0 Å². The first-order valence-corrected chi connectivity index (χ1v) is 3.88. The smallest absolute Gasteiger partial charge is 0.239 e. The van der Waals surface area contributed by atoms with Gasteiger partial charge >= 0.3 is 0 Å². The van der Waals surface area contributed by atoms with E-state index in [0.29, 0.717) is 13.1 Å². The molecule has 1 aliphatic heterocycles. The molecule has 0 bridgehead atoms. The molecule has 0 aromatic heterocycles. The lowest BCUT2D eigenvalue weighted by Crippen LogP contribution is -2.54. The molecular formula is C7H14N2O2. The largest absolute Gasteiger partial charge is 0.395 e. The van der Waals surface area contributed by atoms with Gasteiger partial charge in [-0.25, -0.2) is 0 Å². The Hall–Kier alpha value is -0.610. The van der Waals surface area contributed by atoms with E-state index in [-0.39, 0.29) is 18.6 Å². The predicted octanol–water partition coefficient (Wildman–Crippen LogP) is -1.20. The summed E-state index contributed by atoms with van der Waals surface area (Å²) in [5.41, 5.74) is 0. The van der Waals surface area contributed by atoms with E-state index in [1.165, 1.54) is 0 Å². The molecule has 1 heterocycles. The van der Waals surface area contributed by atoms with E-state index in [2.05, 4.69) is 5.32 Å². The van der Waals surface area contributed by atoms with Gasteiger partial charge in [0.1, 0.15) is 0 Å². The third kappa shape index (κ3) is 1.91. The highest BCUT2D eigenvalue weighted by Crippen LogP contribution is 1.99. The topological polar surface area (TPSA) is 52.6 Å². The van der Waals surface area contributed by atoms with Crippen LogP contribution in [0.15, 0.2) is 0 Å². The SMILES string of the molecule is CC1NCCN(CCO)C1=O. The van der Waals surface area contributed by atoms with Crippen molar-refractivity contribution in [2.24, 2.45) is 0 Å². The van der Waals surface area contributed by atoms with E-state index < -0.39 is 0 Å². The molecule has 0 aromatic carbocycles. The number of carbonyl (C=O) groups excluding carboxylic acids is 1. The Kier molecular flexibility index (Phi) is 2.84. The van der Waals surface area contributed by atoms with Crippen molar-refractivity contribution < 1.29 is 9.90 Å². The van der Waals surface area contributed by atoms with Gasteiger partial charge in [0, 0.05) is 19.6 Å². The molecule has 1 amide bonds. The highest BCUT2D eigenvalue weighted by atomic mass is 16.3. The van der Waals surface area contributed by atoms with Crippen LogP contribution in [0.3, 0.4) is 0 Å². The lowest BCUT2D eigenvalue weighted by molar-refractivity contribution is -0.135. The summed E-state index contributed by atoms with van der Waals surface area (Å²) in [6.07, 6.45) is 0. The molecule has 0 spiro atoms. The number of aliphatic hydroxyl groups is 1. The van der Waals surface area contributed by atoms with Gasteiger partial charge < -0.3 is 15.3 Å². The van der Waals surface area contributed by atoms with Crippen LogP contribution in [0.1, 0.15) is 6.92 Å². The molecular weight excluding hydrogens is 144 g/mol. The van der Waals surface area contributed by atoms with Crippen molar-refractivity contribution in [3.05, 3.63) is 0 Å². The average Bonchev–Trinajstić information content (AvgIpc) is 1.99. The first-order valence-electron chi connectivity index (χ1n) is 3.88. The van der Waals surface area contributed by atoms with Crippen LogP contribution in [0.25, 0.3) is 0 Å². The fraction of sp³-hybridized carbons (Fsp3) is 0.857. The molecule has 1 unspecified atom stereocenters. The van der Waals surface area contributed by atoms with Gasteiger partial charge in [0.2, 0.25) is 5.91 Å². The number of aliphatic hydroxyl groups excluding tert-OH is 1. The Bertz CT molecular complexity index is 147. The monoisotopic (exact) mass is 158 g/mol. The zero-order valence-corrected chi connectivity index (χ0v) is 6.71. The molecule has 4 nitrogen and oxygen atoms in total. The summed E-state index contributed by atoms with van der Waals surface area (Å²) in [6.45, 7) is 3.89. The lowest BCUT2D eigenvalue weighted by Gasteiger charge is -2.30. The second-order valence-corrected chi connectivity index (χ2v) is 2.72. The number of hydrogen-bond acceptors (Lipinski definition) is 3. The number of β-amino-alcohol motifs (C(OH)–C–C–N with tert-alkyl or cyclic N) is 1. The fourth-order valence-corrected chi connectivity index (χ4v) is 1.23. The summed E-state index contributed by atoms with van der Waals surface area (Å²) < 4.78 is 0. The van der Waals surface area contributed by atoms with Crippen molar-refractivity contribution >= 4 is 5.91 Å². The van der Waals surface area contributed by atoms with Crippen molar-refractivity contribution in [2.45, 2.75) is 13.0 Å². The van der Waals surface area contributed by atoms with Crippen LogP contribution >= 0.6 is 0 Å². The molecule has 1 rings (SSSR count). The van der Waals surface area contributed by atoms with Gasteiger partial charge in [-0.3, -0.25) is 4.79 Å². The first kappa shape index (κ1) is 8.49. The molecule has 64 valence electrons. The van der Waals surface area contributed by atoms with Gasteiger partial charge in [0.25, 0.3) is 0 Å². The van der Waals surface area contributed by atoms with Gasteiger partial charge in [0.15, 0.2) is 0 Å². The molecule has 0 aromatic rings. The number of amides is 1. The Morgan fingerprint density at radius 2 is 2.55 bits per heavy atom.